The van der Waals surface area contributed by atoms with Crippen LogP contribution >= 0.6 is 0 Å². The van der Waals surface area contributed by atoms with E-state index in [0.717, 1.165) is 5.92 Å². The second-order valence-corrected chi connectivity index (χ2v) is 6.08. The molecule has 102 valence electrons. The number of rotatable bonds is 9. The molecule has 1 heterocycles. The van der Waals surface area contributed by atoms with Crippen LogP contribution in [0.1, 0.15) is 59.3 Å². The summed E-state index contributed by atoms with van der Waals surface area (Å²) < 4.78 is 0. The van der Waals surface area contributed by atoms with Gasteiger partial charge in [-0.15, -0.1) is 0 Å². The van der Waals surface area contributed by atoms with E-state index in [0.29, 0.717) is 6.04 Å². The molecule has 0 aliphatic carbocycles. The molecule has 0 bridgehead atoms. The molecule has 0 aromatic rings. The molecule has 1 aliphatic rings. The van der Waals surface area contributed by atoms with Crippen LogP contribution in [0.25, 0.3) is 0 Å². The lowest BCUT2D eigenvalue weighted by Gasteiger charge is -2.17. The molecule has 17 heavy (non-hydrogen) atoms. The van der Waals surface area contributed by atoms with Crippen LogP contribution in [-0.4, -0.2) is 37.1 Å². The van der Waals surface area contributed by atoms with Crippen molar-refractivity contribution in [2.24, 2.45) is 5.92 Å². The Bertz CT molecular complexity index is 174. The first kappa shape index (κ1) is 15.0. The van der Waals surface area contributed by atoms with Crippen molar-refractivity contribution in [3.05, 3.63) is 0 Å². The molecular formula is C15H32N2. The van der Waals surface area contributed by atoms with E-state index in [2.05, 4.69) is 31.0 Å². The Balaban J connectivity index is 1.87. The summed E-state index contributed by atoms with van der Waals surface area (Å²) in [5.41, 5.74) is 0. The maximum Gasteiger partial charge on any atom is 0.00387 e. The summed E-state index contributed by atoms with van der Waals surface area (Å²) >= 11 is 0. The van der Waals surface area contributed by atoms with Crippen LogP contribution in [0.4, 0.5) is 0 Å². The number of hydrogen-bond donors (Lipinski definition) is 1. The molecule has 0 spiro atoms. The topological polar surface area (TPSA) is 15.3 Å². The maximum atomic E-state index is 3.65. The van der Waals surface area contributed by atoms with Crippen molar-refractivity contribution in [2.45, 2.75) is 65.3 Å². The van der Waals surface area contributed by atoms with Gasteiger partial charge in [-0.2, -0.15) is 0 Å². The molecule has 0 aromatic heterocycles. The molecule has 1 N–H and O–H groups in total. The highest BCUT2D eigenvalue weighted by Crippen LogP contribution is 2.09. The van der Waals surface area contributed by atoms with Gasteiger partial charge in [-0.3, -0.25) is 0 Å². The Morgan fingerprint density at radius 2 is 1.71 bits per heavy atom. The SMILES string of the molecule is CC(C)CCCC(C)NCCCN1CCCC1. The molecule has 0 aromatic carbocycles. The van der Waals surface area contributed by atoms with E-state index < -0.39 is 0 Å². The van der Waals surface area contributed by atoms with Gasteiger partial charge >= 0.3 is 0 Å². The minimum atomic E-state index is 0.701. The van der Waals surface area contributed by atoms with Crippen LogP contribution in [0.2, 0.25) is 0 Å². The van der Waals surface area contributed by atoms with Crippen LogP contribution in [0, 0.1) is 5.92 Å². The van der Waals surface area contributed by atoms with E-state index >= 15 is 0 Å². The number of nitrogens with zero attached hydrogens (tertiary/aromatic N) is 1. The van der Waals surface area contributed by atoms with E-state index in [4.69, 9.17) is 0 Å². The second-order valence-electron chi connectivity index (χ2n) is 6.08. The van der Waals surface area contributed by atoms with Gasteiger partial charge in [0, 0.05) is 6.04 Å². The van der Waals surface area contributed by atoms with Crippen molar-refractivity contribution in [2.75, 3.05) is 26.2 Å². The molecule has 1 aliphatic heterocycles. The Kier molecular flexibility index (Phi) is 7.87. The normalized spacial score (nSPS) is 19.1. The Labute approximate surface area is 108 Å². The van der Waals surface area contributed by atoms with Crippen molar-refractivity contribution in [1.82, 2.24) is 10.2 Å². The average Bonchev–Trinajstić information content (AvgIpc) is 2.76. The van der Waals surface area contributed by atoms with Gasteiger partial charge in [0.2, 0.25) is 0 Å². The minimum Gasteiger partial charge on any atom is -0.314 e. The third-order valence-electron chi connectivity index (χ3n) is 3.76. The highest BCUT2D eigenvalue weighted by molar-refractivity contribution is 4.67. The van der Waals surface area contributed by atoms with Gasteiger partial charge in [-0.1, -0.05) is 26.7 Å². The summed E-state index contributed by atoms with van der Waals surface area (Å²) in [7, 11) is 0. The van der Waals surface area contributed by atoms with Gasteiger partial charge in [0.05, 0.1) is 0 Å². The zero-order valence-corrected chi connectivity index (χ0v) is 12.2. The van der Waals surface area contributed by atoms with Crippen LogP contribution in [0.15, 0.2) is 0 Å². The lowest BCUT2D eigenvalue weighted by molar-refractivity contribution is 0.326. The molecule has 2 heteroatoms. The van der Waals surface area contributed by atoms with Crippen molar-refractivity contribution in [3.8, 4) is 0 Å². The summed E-state index contributed by atoms with van der Waals surface area (Å²) in [6.45, 7) is 12.1. The average molecular weight is 240 g/mol. The maximum absolute atomic E-state index is 3.65. The lowest BCUT2D eigenvalue weighted by Crippen LogP contribution is -2.30. The fraction of sp³-hybridized carbons (Fsp3) is 1.00. The minimum absolute atomic E-state index is 0.701. The molecule has 2 nitrogen and oxygen atoms in total. The molecule has 1 fully saturated rings. The Morgan fingerprint density at radius 1 is 1.00 bits per heavy atom. The molecule has 0 radical (unpaired) electrons. The summed E-state index contributed by atoms with van der Waals surface area (Å²) in [6.07, 6.45) is 8.23. The number of nitrogens with one attached hydrogen (secondary N) is 1. The third-order valence-corrected chi connectivity index (χ3v) is 3.76. The largest absolute Gasteiger partial charge is 0.314 e. The highest BCUT2D eigenvalue weighted by Gasteiger charge is 2.10. The molecule has 1 atom stereocenters. The predicted molar refractivity (Wildman–Crippen MR) is 76.4 cm³/mol. The summed E-state index contributed by atoms with van der Waals surface area (Å²) in [6, 6.07) is 0.701. The van der Waals surface area contributed by atoms with Crippen molar-refractivity contribution < 1.29 is 0 Å². The fourth-order valence-electron chi connectivity index (χ4n) is 2.59. The van der Waals surface area contributed by atoms with E-state index in [9.17, 15) is 0 Å². The third kappa shape index (κ3) is 7.77. The lowest BCUT2D eigenvalue weighted by atomic mass is 10.0. The Morgan fingerprint density at radius 3 is 2.35 bits per heavy atom. The monoisotopic (exact) mass is 240 g/mol. The number of hydrogen-bond acceptors (Lipinski definition) is 2. The summed E-state index contributed by atoms with van der Waals surface area (Å²) in [5, 5.41) is 3.65. The van der Waals surface area contributed by atoms with Crippen molar-refractivity contribution >= 4 is 0 Å². The first-order valence-corrected chi connectivity index (χ1v) is 7.64. The standard InChI is InChI=1S/C15H32N2/c1-14(2)8-6-9-15(3)16-10-7-13-17-11-4-5-12-17/h14-16H,4-13H2,1-3H3. The smallest absolute Gasteiger partial charge is 0.00387 e. The first-order valence-electron chi connectivity index (χ1n) is 7.64. The van der Waals surface area contributed by atoms with Crippen molar-refractivity contribution in [3.63, 3.8) is 0 Å². The van der Waals surface area contributed by atoms with Gasteiger partial charge in [0.25, 0.3) is 0 Å². The molecule has 0 amide bonds. The molecule has 1 unspecified atom stereocenters. The molecule has 1 rings (SSSR count). The van der Waals surface area contributed by atoms with E-state index in [1.54, 1.807) is 0 Å². The first-order chi connectivity index (χ1) is 8.18. The second kappa shape index (κ2) is 8.93. The van der Waals surface area contributed by atoms with Gasteiger partial charge in [-0.05, 0) is 64.7 Å². The Hall–Kier alpha value is -0.0800. The summed E-state index contributed by atoms with van der Waals surface area (Å²) in [5.74, 6) is 0.859. The number of likely N-dealkylation sites (tertiary alicyclic amines) is 1. The van der Waals surface area contributed by atoms with E-state index in [1.807, 2.05) is 0 Å². The van der Waals surface area contributed by atoms with Gasteiger partial charge in [-0.25, -0.2) is 0 Å². The summed E-state index contributed by atoms with van der Waals surface area (Å²) in [4.78, 5) is 2.60. The molecular weight excluding hydrogens is 208 g/mol. The highest BCUT2D eigenvalue weighted by atomic mass is 15.1. The zero-order chi connectivity index (χ0) is 12.5. The van der Waals surface area contributed by atoms with Crippen molar-refractivity contribution in [1.29, 1.82) is 0 Å². The van der Waals surface area contributed by atoms with Gasteiger partial charge < -0.3 is 10.2 Å². The van der Waals surface area contributed by atoms with Crippen LogP contribution in [0.3, 0.4) is 0 Å². The van der Waals surface area contributed by atoms with E-state index in [-0.39, 0.29) is 0 Å². The molecule has 1 saturated heterocycles. The van der Waals surface area contributed by atoms with Crippen LogP contribution in [-0.2, 0) is 0 Å². The van der Waals surface area contributed by atoms with Crippen LogP contribution < -0.4 is 5.32 Å². The van der Waals surface area contributed by atoms with Gasteiger partial charge in [0.1, 0.15) is 0 Å². The fourth-order valence-corrected chi connectivity index (χ4v) is 2.59. The predicted octanol–water partition coefficient (Wildman–Crippen LogP) is 3.28. The van der Waals surface area contributed by atoms with Gasteiger partial charge in [0.15, 0.2) is 0 Å². The van der Waals surface area contributed by atoms with E-state index in [1.165, 1.54) is 64.7 Å². The van der Waals surface area contributed by atoms with Crippen LogP contribution in [0.5, 0.6) is 0 Å². The quantitative estimate of drug-likeness (QED) is 0.622. The molecule has 0 saturated carbocycles. The zero-order valence-electron chi connectivity index (χ0n) is 12.2.